The molecule has 9 heteroatoms. The van der Waals surface area contributed by atoms with Crippen molar-refractivity contribution in [2.75, 3.05) is 11.6 Å². The molecule has 1 aromatic heterocycles. The Labute approximate surface area is 171 Å². The lowest BCUT2D eigenvalue weighted by atomic mass is 10.2. The number of thioether (sulfide) groups is 1. The van der Waals surface area contributed by atoms with Gasteiger partial charge in [-0.2, -0.15) is 0 Å². The van der Waals surface area contributed by atoms with Crippen molar-refractivity contribution in [2.45, 2.75) is 18.1 Å². The van der Waals surface area contributed by atoms with Gasteiger partial charge in [-0.25, -0.2) is 4.68 Å². The highest BCUT2D eigenvalue weighted by molar-refractivity contribution is 7.99. The number of nitrogens with two attached hydrogens (primary N) is 1. The van der Waals surface area contributed by atoms with E-state index in [2.05, 4.69) is 15.5 Å². The minimum atomic E-state index is -0.0663. The van der Waals surface area contributed by atoms with Crippen LogP contribution in [0.15, 0.2) is 53.7 Å². The van der Waals surface area contributed by atoms with Crippen molar-refractivity contribution in [3.8, 4) is 11.4 Å². The van der Waals surface area contributed by atoms with Crippen LogP contribution in [0.25, 0.3) is 11.4 Å². The summed E-state index contributed by atoms with van der Waals surface area (Å²) in [6.45, 7) is 0.400. The summed E-state index contributed by atoms with van der Waals surface area (Å²) in [5.41, 5.74) is 1.70. The zero-order chi connectivity index (χ0) is 19.2. The predicted octanol–water partition coefficient (Wildman–Crippen LogP) is 3.76. The maximum absolute atomic E-state index is 12.0. The fourth-order valence-electron chi connectivity index (χ4n) is 2.33. The van der Waals surface area contributed by atoms with Crippen LogP contribution in [0.4, 0.5) is 0 Å². The lowest BCUT2D eigenvalue weighted by Gasteiger charge is -2.07. The molecule has 3 aromatic rings. The van der Waals surface area contributed by atoms with Gasteiger partial charge in [0.1, 0.15) is 0 Å². The van der Waals surface area contributed by atoms with Crippen molar-refractivity contribution < 1.29 is 4.79 Å². The van der Waals surface area contributed by atoms with E-state index in [0.29, 0.717) is 39.7 Å². The maximum Gasteiger partial charge on any atom is 0.221 e. The molecule has 0 bridgehead atoms. The Kier molecular flexibility index (Phi) is 6.60. The van der Waals surface area contributed by atoms with Crippen LogP contribution in [0.3, 0.4) is 0 Å². The first-order chi connectivity index (χ1) is 13.0. The predicted molar refractivity (Wildman–Crippen MR) is 109 cm³/mol. The Balaban J connectivity index is 1.50. The third-order valence-corrected chi connectivity index (χ3v) is 5.33. The summed E-state index contributed by atoms with van der Waals surface area (Å²) in [6.07, 6.45) is 0.332. The van der Waals surface area contributed by atoms with E-state index in [1.54, 1.807) is 18.2 Å². The van der Waals surface area contributed by atoms with Crippen LogP contribution in [0.1, 0.15) is 12.0 Å². The van der Waals surface area contributed by atoms with Gasteiger partial charge in [0, 0.05) is 34.3 Å². The molecule has 6 nitrogen and oxygen atoms in total. The molecule has 3 rings (SSSR count). The van der Waals surface area contributed by atoms with E-state index >= 15 is 0 Å². The lowest BCUT2D eigenvalue weighted by Crippen LogP contribution is -2.23. The fraction of sp³-hybridized carbons (Fsp3) is 0.167. The summed E-state index contributed by atoms with van der Waals surface area (Å²) >= 11 is 13.3. The molecule has 0 fully saturated rings. The second-order valence-corrected chi connectivity index (χ2v) is 7.56. The van der Waals surface area contributed by atoms with Gasteiger partial charge in [-0.15, -0.1) is 10.2 Å². The van der Waals surface area contributed by atoms with Gasteiger partial charge >= 0.3 is 0 Å². The SMILES string of the molecule is Nn1c(SCCC(=O)NCc2ccccc2Cl)nnc1-c1ccc(Cl)cc1. The lowest BCUT2D eigenvalue weighted by molar-refractivity contribution is -0.120. The minimum Gasteiger partial charge on any atom is -0.352 e. The Morgan fingerprint density at radius 2 is 1.85 bits per heavy atom. The topological polar surface area (TPSA) is 85.8 Å². The van der Waals surface area contributed by atoms with Crippen LogP contribution in [-0.2, 0) is 11.3 Å². The molecule has 0 atom stereocenters. The van der Waals surface area contributed by atoms with E-state index in [-0.39, 0.29) is 5.91 Å². The first-order valence-corrected chi connectivity index (χ1v) is 9.88. The average Bonchev–Trinajstić information content (AvgIpc) is 3.02. The van der Waals surface area contributed by atoms with Crippen LogP contribution < -0.4 is 11.2 Å². The number of hydrogen-bond acceptors (Lipinski definition) is 5. The van der Waals surface area contributed by atoms with Gasteiger partial charge in [0.05, 0.1) is 0 Å². The van der Waals surface area contributed by atoms with Crippen molar-refractivity contribution in [3.63, 3.8) is 0 Å². The van der Waals surface area contributed by atoms with E-state index in [1.165, 1.54) is 16.4 Å². The third kappa shape index (κ3) is 5.15. The largest absolute Gasteiger partial charge is 0.352 e. The number of nitrogens with one attached hydrogen (secondary N) is 1. The summed E-state index contributed by atoms with van der Waals surface area (Å²) in [7, 11) is 0. The Morgan fingerprint density at radius 1 is 1.11 bits per heavy atom. The molecule has 0 radical (unpaired) electrons. The Hall–Kier alpha value is -2.22. The first-order valence-electron chi connectivity index (χ1n) is 8.14. The highest BCUT2D eigenvalue weighted by Gasteiger charge is 2.13. The Morgan fingerprint density at radius 3 is 2.59 bits per heavy atom. The number of rotatable bonds is 7. The molecule has 2 aromatic carbocycles. The van der Waals surface area contributed by atoms with Crippen molar-refractivity contribution in [1.29, 1.82) is 0 Å². The molecule has 0 saturated heterocycles. The first kappa shape index (κ1) is 19.5. The number of carbonyl (C=O) groups is 1. The van der Waals surface area contributed by atoms with Crippen LogP contribution in [0.5, 0.6) is 0 Å². The zero-order valence-electron chi connectivity index (χ0n) is 14.2. The van der Waals surface area contributed by atoms with E-state index in [9.17, 15) is 4.79 Å². The average molecular weight is 422 g/mol. The number of benzene rings is 2. The van der Waals surface area contributed by atoms with Crippen LogP contribution >= 0.6 is 35.0 Å². The number of amides is 1. The van der Waals surface area contributed by atoms with Crippen LogP contribution in [0, 0.1) is 0 Å². The van der Waals surface area contributed by atoms with Gasteiger partial charge in [-0.3, -0.25) is 4.79 Å². The van der Waals surface area contributed by atoms with Gasteiger partial charge in [-0.1, -0.05) is 53.2 Å². The van der Waals surface area contributed by atoms with Crippen LogP contribution in [-0.4, -0.2) is 26.5 Å². The highest BCUT2D eigenvalue weighted by Crippen LogP contribution is 2.23. The van der Waals surface area contributed by atoms with E-state index in [1.807, 2.05) is 30.3 Å². The number of aromatic nitrogens is 3. The molecule has 1 amide bonds. The molecule has 0 aliphatic rings. The van der Waals surface area contributed by atoms with Crippen molar-refractivity contribution in [1.82, 2.24) is 20.2 Å². The normalized spacial score (nSPS) is 10.7. The standard InChI is InChI=1S/C18H17Cl2N5OS/c19-14-7-5-12(6-8-14)17-23-24-18(25(17)21)27-10-9-16(26)22-11-13-3-1-2-4-15(13)20/h1-8H,9-11,21H2,(H,22,26). The Bertz CT molecular complexity index is 930. The van der Waals surface area contributed by atoms with Crippen molar-refractivity contribution >= 4 is 40.9 Å². The molecule has 0 spiro atoms. The quantitative estimate of drug-likeness (QED) is 0.447. The van der Waals surface area contributed by atoms with Gasteiger partial charge in [0.25, 0.3) is 0 Å². The maximum atomic E-state index is 12.0. The fourth-order valence-corrected chi connectivity index (χ4v) is 3.45. The third-order valence-electron chi connectivity index (χ3n) is 3.76. The number of halogens is 2. The summed E-state index contributed by atoms with van der Waals surface area (Å²) in [4.78, 5) is 12.0. The second kappa shape index (κ2) is 9.12. The molecule has 0 saturated carbocycles. The monoisotopic (exact) mass is 421 g/mol. The summed E-state index contributed by atoms with van der Waals surface area (Å²) in [5.74, 6) is 7.07. The van der Waals surface area contributed by atoms with Crippen LogP contribution in [0.2, 0.25) is 10.0 Å². The molecule has 1 heterocycles. The van der Waals surface area contributed by atoms with Gasteiger partial charge in [0.15, 0.2) is 5.82 Å². The molecule has 0 aliphatic heterocycles. The van der Waals surface area contributed by atoms with Gasteiger partial charge in [0.2, 0.25) is 11.1 Å². The highest BCUT2D eigenvalue weighted by atomic mass is 35.5. The van der Waals surface area contributed by atoms with Gasteiger partial charge < -0.3 is 11.2 Å². The van der Waals surface area contributed by atoms with Crippen molar-refractivity contribution in [3.05, 3.63) is 64.1 Å². The van der Waals surface area contributed by atoms with Crippen molar-refractivity contribution in [2.24, 2.45) is 0 Å². The molecule has 0 unspecified atom stereocenters. The summed E-state index contributed by atoms with van der Waals surface area (Å²) < 4.78 is 1.41. The number of hydrogen-bond donors (Lipinski definition) is 2. The van der Waals surface area contributed by atoms with E-state index < -0.39 is 0 Å². The van der Waals surface area contributed by atoms with E-state index in [0.717, 1.165) is 11.1 Å². The van der Waals surface area contributed by atoms with E-state index in [4.69, 9.17) is 29.0 Å². The minimum absolute atomic E-state index is 0.0663. The second-order valence-electron chi connectivity index (χ2n) is 5.65. The summed E-state index contributed by atoms with van der Waals surface area (Å²) in [6, 6.07) is 14.6. The smallest absolute Gasteiger partial charge is 0.221 e. The number of nitrogen functional groups attached to an aromatic ring is 1. The molecule has 0 aliphatic carbocycles. The molecular weight excluding hydrogens is 405 g/mol. The molecule has 3 N–H and O–H groups in total. The molecular formula is C18H17Cl2N5OS. The molecule has 27 heavy (non-hydrogen) atoms. The molecule has 140 valence electrons. The van der Waals surface area contributed by atoms with Gasteiger partial charge in [-0.05, 0) is 35.9 Å². The summed E-state index contributed by atoms with van der Waals surface area (Å²) in [5, 5.41) is 12.9. The zero-order valence-corrected chi connectivity index (χ0v) is 16.6. The number of nitrogens with zero attached hydrogens (tertiary/aromatic N) is 3. The number of carbonyl (C=O) groups excluding carboxylic acids is 1.